The molecule has 0 spiro atoms. The Bertz CT molecular complexity index is 684. The molecule has 2 aromatic rings. The molecule has 0 bridgehead atoms. The van der Waals surface area contributed by atoms with Gasteiger partial charge in [0.05, 0.1) is 5.69 Å². The molecule has 1 saturated heterocycles. The summed E-state index contributed by atoms with van der Waals surface area (Å²) < 4.78 is 19.4. The second kappa shape index (κ2) is 8.05. The first kappa shape index (κ1) is 17.3. The lowest BCUT2D eigenvalue weighted by molar-refractivity contribution is 0.0830. The maximum absolute atomic E-state index is 11.4. The van der Waals surface area contributed by atoms with Crippen molar-refractivity contribution in [2.45, 2.75) is 37.4 Å². The smallest absolute Gasteiger partial charge is 0.103 e. The number of ether oxygens (including phenoxy) is 1. The Hall–Kier alpha value is -1.50. The fourth-order valence-electron chi connectivity index (χ4n) is 3.22. The highest BCUT2D eigenvalue weighted by molar-refractivity contribution is 7.84. The SMILES string of the molecule is CCn1nccc1[C@@H]1OCC[C@H]1CNCc1ccc([S@@](C)=O)cc1. The van der Waals surface area contributed by atoms with Crippen molar-refractivity contribution in [1.82, 2.24) is 15.1 Å². The average Bonchev–Trinajstić information content (AvgIpc) is 3.23. The van der Waals surface area contributed by atoms with Gasteiger partial charge in [-0.25, -0.2) is 0 Å². The van der Waals surface area contributed by atoms with Gasteiger partial charge < -0.3 is 10.1 Å². The van der Waals surface area contributed by atoms with Crippen LogP contribution in [0.15, 0.2) is 41.4 Å². The number of nitrogens with zero attached hydrogens (tertiary/aromatic N) is 2. The van der Waals surface area contributed by atoms with Crippen molar-refractivity contribution in [1.29, 1.82) is 0 Å². The van der Waals surface area contributed by atoms with Crippen LogP contribution >= 0.6 is 0 Å². The zero-order chi connectivity index (χ0) is 16.9. The Morgan fingerprint density at radius 1 is 1.33 bits per heavy atom. The summed E-state index contributed by atoms with van der Waals surface area (Å²) in [5, 5.41) is 7.89. The summed E-state index contributed by atoms with van der Waals surface area (Å²) in [5.41, 5.74) is 2.38. The maximum atomic E-state index is 11.4. The molecule has 1 aliphatic heterocycles. The van der Waals surface area contributed by atoms with Crippen LogP contribution in [0.1, 0.15) is 30.7 Å². The van der Waals surface area contributed by atoms with E-state index < -0.39 is 10.8 Å². The molecule has 5 nitrogen and oxygen atoms in total. The molecule has 0 saturated carbocycles. The first-order valence-corrected chi connectivity index (χ1v) is 10.0. The van der Waals surface area contributed by atoms with Crippen LogP contribution in [0, 0.1) is 5.92 Å². The monoisotopic (exact) mass is 347 g/mol. The lowest BCUT2D eigenvalue weighted by Crippen LogP contribution is -2.25. The third kappa shape index (κ3) is 3.94. The summed E-state index contributed by atoms with van der Waals surface area (Å²) in [5.74, 6) is 0.467. The third-order valence-corrected chi connectivity index (χ3v) is 5.48. The number of hydrogen-bond acceptors (Lipinski definition) is 4. The number of rotatable bonds is 7. The average molecular weight is 347 g/mol. The minimum atomic E-state index is -0.915. The standard InChI is InChI=1S/C18H25N3O2S/c1-3-21-17(8-10-20-21)18-15(9-11-23-18)13-19-12-14-4-6-16(7-5-14)24(2)22/h4-8,10,15,18-19H,3,9,11-13H2,1-2H3/t15-,18+,24+/m0/s1. The summed E-state index contributed by atoms with van der Waals surface area (Å²) in [4.78, 5) is 0.871. The fourth-order valence-corrected chi connectivity index (χ4v) is 3.74. The van der Waals surface area contributed by atoms with Crippen molar-refractivity contribution in [2.75, 3.05) is 19.4 Å². The molecule has 1 aliphatic rings. The Morgan fingerprint density at radius 3 is 2.83 bits per heavy atom. The molecule has 3 rings (SSSR count). The van der Waals surface area contributed by atoms with Crippen molar-refractivity contribution in [3.05, 3.63) is 47.8 Å². The second-order valence-corrected chi connectivity index (χ2v) is 7.52. The van der Waals surface area contributed by atoms with E-state index in [0.29, 0.717) is 5.92 Å². The largest absolute Gasteiger partial charge is 0.372 e. The minimum absolute atomic E-state index is 0.129. The van der Waals surface area contributed by atoms with Crippen LogP contribution in [0.2, 0.25) is 0 Å². The highest BCUT2D eigenvalue weighted by Crippen LogP contribution is 2.34. The van der Waals surface area contributed by atoms with Crippen LogP contribution in [0.25, 0.3) is 0 Å². The lowest BCUT2D eigenvalue weighted by atomic mass is 9.98. The summed E-state index contributed by atoms with van der Waals surface area (Å²) in [7, 11) is -0.915. The summed E-state index contributed by atoms with van der Waals surface area (Å²) in [6.07, 6.45) is 4.75. The van der Waals surface area contributed by atoms with Crippen molar-refractivity contribution in [2.24, 2.45) is 5.92 Å². The molecule has 0 amide bonds. The number of hydrogen-bond donors (Lipinski definition) is 1. The first-order chi connectivity index (χ1) is 11.7. The summed E-state index contributed by atoms with van der Waals surface area (Å²) in [6, 6.07) is 10.0. The Kier molecular flexibility index (Phi) is 5.81. The molecule has 1 aromatic carbocycles. The predicted octanol–water partition coefficient (Wildman–Crippen LogP) is 2.51. The topological polar surface area (TPSA) is 56.1 Å². The van der Waals surface area contributed by atoms with Crippen molar-refractivity contribution in [3.8, 4) is 0 Å². The second-order valence-electron chi connectivity index (χ2n) is 6.14. The quantitative estimate of drug-likeness (QED) is 0.836. The highest BCUT2D eigenvalue weighted by Gasteiger charge is 2.31. The van der Waals surface area contributed by atoms with E-state index in [-0.39, 0.29) is 6.10 Å². The van der Waals surface area contributed by atoms with Crippen LogP contribution in [-0.2, 0) is 28.6 Å². The van der Waals surface area contributed by atoms with E-state index in [0.717, 1.165) is 37.6 Å². The maximum Gasteiger partial charge on any atom is 0.103 e. The molecule has 1 N–H and O–H groups in total. The Morgan fingerprint density at radius 2 is 2.12 bits per heavy atom. The van der Waals surface area contributed by atoms with E-state index in [4.69, 9.17) is 4.74 Å². The molecule has 24 heavy (non-hydrogen) atoms. The summed E-state index contributed by atoms with van der Waals surface area (Å²) >= 11 is 0. The third-order valence-electron chi connectivity index (χ3n) is 4.55. The predicted molar refractivity (Wildman–Crippen MR) is 95.2 cm³/mol. The Balaban J connectivity index is 1.55. The van der Waals surface area contributed by atoms with Gasteiger partial charge in [0.1, 0.15) is 6.10 Å². The van der Waals surface area contributed by atoms with Crippen LogP contribution in [-0.4, -0.2) is 33.4 Å². The van der Waals surface area contributed by atoms with Gasteiger partial charge in [-0.2, -0.15) is 5.10 Å². The molecule has 0 unspecified atom stereocenters. The van der Waals surface area contributed by atoms with E-state index >= 15 is 0 Å². The van der Waals surface area contributed by atoms with Crippen LogP contribution in [0.3, 0.4) is 0 Å². The van der Waals surface area contributed by atoms with E-state index in [2.05, 4.69) is 23.4 Å². The zero-order valence-electron chi connectivity index (χ0n) is 14.3. The number of aromatic nitrogens is 2. The number of nitrogens with one attached hydrogen (secondary N) is 1. The zero-order valence-corrected chi connectivity index (χ0v) is 15.1. The van der Waals surface area contributed by atoms with Gasteiger partial charge in [0.15, 0.2) is 0 Å². The fraction of sp³-hybridized carbons (Fsp3) is 0.500. The molecule has 2 heterocycles. The van der Waals surface area contributed by atoms with Crippen LogP contribution in [0.5, 0.6) is 0 Å². The van der Waals surface area contributed by atoms with E-state index in [1.807, 2.05) is 35.1 Å². The van der Waals surface area contributed by atoms with Gasteiger partial charge in [0, 0.05) is 60.3 Å². The molecule has 1 fully saturated rings. The van der Waals surface area contributed by atoms with Gasteiger partial charge >= 0.3 is 0 Å². The number of benzene rings is 1. The van der Waals surface area contributed by atoms with E-state index in [9.17, 15) is 4.21 Å². The van der Waals surface area contributed by atoms with Gasteiger partial charge in [-0.15, -0.1) is 0 Å². The molecule has 3 atom stereocenters. The first-order valence-electron chi connectivity index (χ1n) is 8.45. The molecule has 0 aliphatic carbocycles. The van der Waals surface area contributed by atoms with Gasteiger partial charge in [0.25, 0.3) is 0 Å². The normalized spacial score (nSPS) is 21.9. The molecule has 1 aromatic heterocycles. The van der Waals surface area contributed by atoms with Crippen molar-refractivity contribution in [3.63, 3.8) is 0 Å². The highest BCUT2D eigenvalue weighted by atomic mass is 32.2. The number of aryl methyl sites for hydroxylation is 1. The molecular formula is C18H25N3O2S. The molecular weight excluding hydrogens is 322 g/mol. The molecule has 130 valence electrons. The van der Waals surface area contributed by atoms with Gasteiger partial charge in [-0.1, -0.05) is 12.1 Å². The molecule has 6 heteroatoms. The van der Waals surface area contributed by atoms with Gasteiger partial charge in [-0.05, 0) is 37.1 Å². The van der Waals surface area contributed by atoms with Crippen molar-refractivity contribution < 1.29 is 8.95 Å². The van der Waals surface area contributed by atoms with Gasteiger partial charge in [-0.3, -0.25) is 8.89 Å². The van der Waals surface area contributed by atoms with E-state index in [1.54, 1.807) is 6.26 Å². The van der Waals surface area contributed by atoms with Crippen LogP contribution < -0.4 is 5.32 Å². The summed E-state index contributed by atoms with van der Waals surface area (Å²) in [6.45, 7) is 5.51. The lowest BCUT2D eigenvalue weighted by Gasteiger charge is -2.20. The van der Waals surface area contributed by atoms with E-state index in [1.165, 1.54) is 11.3 Å². The minimum Gasteiger partial charge on any atom is -0.372 e. The Labute approximate surface area is 145 Å². The van der Waals surface area contributed by atoms with Crippen molar-refractivity contribution >= 4 is 10.8 Å². The van der Waals surface area contributed by atoms with Gasteiger partial charge in [0.2, 0.25) is 0 Å². The van der Waals surface area contributed by atoms with Crippen LogP contribution in [0.4, 0.5) is 0 Å². The molecule has 0 radical (unpaired) electrons.